The molecule has 2 N–H and O–H groups in total. The van der Waals surface area contributed by atoms with Crippen LogP contribution in [-0.2, 0) is 4.79 Å². The average molecular weight is 428 g/mol. The van der Waals surface area contributed by atoms with Crippen LogP contribution in [0.3, 0.4) is 0 Å². The number of likely N-dealkylation sites (tertiary alicyclic amines) is 1. The molecule has 7 nitrogen and oxygen atoms in total. The van der Waals surface area contributed by atoms with Gasteiger partial charge in [-0.3, -0.25) is 4.79 Å². The quantitative estimate of drug-likeness (QED) is 0.773. The molecule has 2 aliphatic heterocycles. The number of anilines is 1. The van der Waals surface area contributed by atoms with Crippen molar-refractivity contribution in [3.8, 4) is 0 Å². The number of carbonyl (C=O) groups excluding carboxylic acids is 2. The molecule has 0 aromatic carbocycles. The molecule has 4 rings (SSSR count). The lowest BCUT2D eigenvalue weighted by Crippen LogP contribution is -2.53. The van der Waals surface area contributed by atoms with Gasteiger partial charge in [0.2, 0.25) is 5.91 Å². The van der Waals surface area contributed by atoms with Crippen molar-refractivity contribution < 1.29 is 9.59 Å². The standard InChI is InChI=1S/C24H37N5O2/c1-18-6-5-9-22(25-18)28-14-10-20(11-15-28)26-24(31)27-21-12-16-29(17-13-21)23(30)19-7-3-2-4-8-19/h5-6,9,19-21H,2-4,7-8,10-17H2,1H3,(H2,26,27,31). The van der Waals surface area contributed by atoms with Gasteiger partial charge in [-0.2, -0.15) is 0 Å². The van der Waals surface area contributed by atoms with Crippen LogP contribution in [0.5, 0.6) is 0 Å². The first-order valence-corrected chi connectivity index (χ1v) is 12.1. The summed E-state index contributed by atoms with van der Waals surface area (Å²) in [7, 11) is 0. The zero-order valence-electron chi connectivity index (χ0n) is 18.8. The van der Waals surface area contributed by atoms with E-state index >= 15 is 0 Å². The number of amides is 3. The second-order valence-corrected chi connectivity index (χ2v) is 9.45. The molecule has 0 atom stereocenters. The van der Waals surface area contributed by atoms with Gasteiger partial charge in [-0.15, -0.1) is 0 Å². The number of nitrogens with zero attached hydrogens (tertiary/aromatic N) is 3. The van der Waals surface area contributed by atoms with E-state index in [4.69, 9.17) is 0 Å². The van der Waals surface area contributed by atoms with Crippen molar-refractivity contribution in [2.75, 3.05) is 31.1 Å². The molecule has 1 saturated carbocycles. The van der Waals surface area contributed by atoms with E-state index in [9.17, 15) is 9.59 Å². The van der Waals surface area contributed by atoms with Gasteiger partial charge in [0.05, 0.1) is 0 Å². The van der Waals surface area contributed by atoms with Gasteiger partial charge >= 0.3 is 6.03 Å². The molecule has 31 heavy (non-hydrogen) atoms. The van der Waals surface area contributed by atoms with Gasteiger partial charge in [-0.25, -0.2) is 9.78 Å². The number of pyridine rings is 1. The van der Waals surface area contributed by atoms with Crippen molar-refractivity contribution in [1.82, 2.24) is 20.5 Å². The van der Waals surface area contributed by atoms with E-state index in [-0.39, 0.29) is 24.0 Å². The first-order valence-electron chi connectivity index (χ1n) is 12.1. The third kappa shape index (κ3) is 5.89. The number of rotatable bonds is 4. The van der Waals surface area contributed by atoms with Gasteiger partial charge in [0.15, 0.2) is 0 Å². The number of nitrogens with one attached hydrogen (secondary N) is 2. The Morgan fingerprint density at radius 3 is 2.10 bits per heavy atom. The molecule has 1 aliphatic carbocycles. The van der Waals surface area contributed by atoms with Crippen molar-refractivity contribution in [3.05, 3.63) is 23.9 Å². The van der Waals surface area contributed by atoms with Crippen LogP contribution in [0.25, 0.3) is 0 Å². The summed E-state index contributed by atoms with van der Waals surface area (Å²) in [6.07, 6.45) is 9.31. The molecule has 0 bridgehead atoms. The minimum atomic E-state index is -0.0656. The van der Waals surface area contributed by atoms with Crippen molar-refractivity contribution in [2.45, 2.75) is 76.8 Å². The predicted octanol–water partition coefficient (Wildman–Crippen LogP) is 3.23. The van der Waals surface area contributed by atoms with E-state index in [2.05, 4.69) is 26.6 Å². The van der Waals surface area contributed by atoms with Crippen LogP contribution in [0.15, 0.2) is 18.2 Å². The lowest BCUT2D eigenvalue weighted by molar-refractivity contribution is -0.137. The summed E-state index contributed by atoms with van der Waals surface area (Å²) in [5.41, 5.74) is 1.03. The van der Waals surface area contributed by atoms with Crippen molar-refractivity contribution in [2.24, 2.45) is 5.92 Å². The lowest BCUT2D eigenvalue weighted by atomic mass is 9.87. The number of hydrogen-bond acceptors (Lipinski definition) is 4. The molecule has 0 spiro atoms. The maximum Gasteiger partial charge on any atom is 0.315 e. The van der Waals surface area contributed by atoms with E-state index in [0.717, 1.165) is 76.2 Å². The zero-order chi connectivity index (χ0) is 21.6. The van der Waals surface area contributed by atoms with E-state index in [1.807, 2.05) is 24.0 Å². The van der Waals surface area contributed by atoms with Crippen LogP contribution >= 0.6 is 0 Å². The van der Waals surface area contributed by atoms with Crippen LogP contribution in [0.2, 0.25) is 0 Å². The average Bonchev–Trinajstić information content (AvgIpc) is 2.80. The summed E-state index contributed by atoms with van der Waals surface area (Å²) in [6, 6.07) is 6.41. The topological polar surface area (TPSA) is 77.6 Å². The van der Waals surface area contributed by atoms with E-state index in [0.29, 0.717) is 5.91 Å². The molecule has 2 saturated heterocycles. The molecule has 0 unspecified atom stereocenters. The molecule has 1 aromatic heterocycles. The second-order valence-electron chi connectivity index (χ2n) is 9.45. The zero-order valence-corrected chi connectivity index (χ0v) is 18.8. The van der Waals surface area contributed by atoms with Gasteiger partial charge < -0.3 is 20.4 Å². The minimum Gasteiger partial charge on any atom is -0.356 e. The van der Waals surface area contributed by atoms with Crippen LogP contribution in [0, 0.1) is 12.8 Å². The third-order valence-electron chi connectivity index (χ3n) is 7.12. The summed E-state index contributed by atoms with van der Waals surface area (Å²) in [6.45, 7) is 5.36. The number of urea groups is 1. The van der Waals surface area contributed by atoms with Gasteiger partial charge in [0, 0.05) is 49.9 Å². The molecule has 0 radical (unpaired) electrons. The molecule has 1 aromatic rings. The highest BCUT2D eigenvalue weighted by molar-refractivity contribution is 5.79. The Hall–Kier alpha value is -2.31. The van der Waals surface area contributed by atoms with Gasteiger partial charge in [-0.05, 0) is 57.6 Å². The van der Waals surface area contributed by atoms with Crippen molar-refractivity contribution in [3.63, 3.8) is 0 Å². The number of piperidine rings is 2. The first kappa shape index (κ1) is 21.9. The molecule has 3 aliphatic rings. The van der Waals surface area contributed by atoms with Crippen LogP contribution in [0.1, 0.15) is 63.5 Å². The highest BCUT2D eigenvalue weighted by Crippen LogP contribution is 2.26. The highest BCUT2D eigenvalue weighted by atomic mass is 16.2. The molecular formula is C24H37N5O2. The fourth-order valence-electron chi connectivity index (χ4n) is 5.22. The highest BCUT2D eigenvalue weighted by Gasteiger charge is 2.30. The van der Waals surface area contributed by atoms with Gasteiger partial charge in [0.25, 0.3) is 0 Å². The van der Waals surface area contributed by atoms with Crippen molar-refractivity contribution >= 4 is 17.8 Å². The molecule has 170 valence electrons. The van der Waals surface area contributed by atoms with Crippen molar-refractivity contribution in [1.29, 1.82) is 0 Å². The Kier molecular flexibility index (Phi) is 7.30. The molecule has 3 amide bonds. The maximum atomic E-state index is 12.7. The monoisotopic (exact) mass is 427 g/mol. The van der Waals surface area contributed by atoms with Gasteiger partial charge in [-0.1, -0.05) is 25.3 Å². The molecule has 3 heterocycles. The number of hydrogen-bond donors (Lipinski definition) is 2. The molecule has 3 fully saturated rings. The maximum absolute atomic E-state index is 12.7. The fourth-order valence-corrected chi connectivity index (χ4v) is 5.22. The normalized spacial score (nSPS) is 21.7. The minimum absolute atomic E-state index is 0.0656. The molecule has 7 heteroatoms. The largest absolute Gasteiger partial charge is 0.356 e. The van der Waals surface area contributed by atoms with Crippen LogP contribution < -0.4 is 15.5 Å². The second kappa shape index (κ2) is 10.3. The molecular weight excluding hydrogens is 390 g/mol. The summed E-state index contributed by atoms with van der Waals surface area (Å²) < 4.78 is 0. The first-order chi connectivity index (χ1) is 15.1. The Morgan fingerprint density at radius 1 is 0.871 bits per heavy atom. The Bertz CT molecular complexity index is 748. The number of aryl methyl sites for hydroxylation is 1. The Labute approximate surface area is 186 Å². The predicted molar refractivity (Wildman–Crippen MR) is 122 cm³/mol. The fraction of sp³-hybridized carbons (Fsp3) is 0.708. The smallest absolute Gasteiger partial charge is 0.315 e. The Balaban J connectivity index is 1.15. The summed E-state index contributed by atoms with van der Waals surface area (Å²) in [5.74, 6) is 1.61. The number of aromatic nitrogens is 1. The summed E-state index contributed by atoms with van der Waals surface area (Å²) in [4.78, 5) is 34.1. The van der Waals surface area contributed by atoms with Gasteiger partial charge in [0.1, 0.15) is 5.82 Å². The van der Waals surface area contributed by atoms with E-state index in [1.54, 1.807) is 0 Å². The number of carbonyl (C=O) groups is 2. The van der Waals surface area contributed by atoms with Crippen LogP contribution in [0.4, 0.5) is 10.6 Å². The summed E-state index contributed by atoms with van der Waals surface area (Å²) in [5, 5.41) is 6.30. The third-order valence-corrected chi connectivity index (χ3v) is 7.12. The lowest BCUT2D eigenvalue weighted by Gasteiger charge is -2.36. The van der Waals surface area contributed by atoms with Crippen LogP contribution in [-0.4, -0.2) is 60.1 Å². The Morgan fingerprint density at radius 2 is 1.48 bits per heavy atom. The van der Waals surface area contributed by atoms with E-state index in [1.165, 1.54) is 19.3 Å². The van der Waals surface area contributed by atoms with E-state index < -0.39 is 0 Å². The SMILES string of the molecule is Cc1cccc(N2CCC(NC(=O)NC3CCN(C(=O)C4CCCCC4)CC3)CC2)n1. The summed E-state index contributed by atoms with van der Waals surface area (Å²) >= 11 is 0.